The molecule has 4 nitrogen and oxygen atoms in total. The topological polar surface area (TPSA) is 33.7 Å². The number of fused-ring (bicyclic) bond motifs is 3. The fraction of sp³-hybridized carbons (Fsp3) is 0.500. The normalized spacial score (nSPS) is 23.1. The summed E-state index contributed by atoms with van der Waals surface area (Å²) in [4.78, 5) is 2.41. The first-order valence-corrected chi connectivity index (χ1v) is 5.65. The van der Waals surface area contributed by atoms with E-state index in [0.29, 0.717) is 6.04 Å². The zero-order valence-electron chi connectivity index (χ0n) is 9.40. The van der Waals surface area contributed by atoms with Crippen LogP contribution in [0.4, 0.5) is 11.4 Å². The molecule has 1 saturated heterocycles. The maximum absolute atomic E-state index is 5.50. The molecule has 0 bridgehead atoms. The van der Waals surface area contributed by atoms with E-state index in [1.54, 1.807) is 7.11 Å². The van der Waals surface area contributed by atoms with Gasteiger partial charge in [0.05, 0.1) is 37.7 Å². The molecule has 2 aliphatic heterocycles. The summed E-state index contributed by atoms with van der Waals surface area (Å²) < 4.78 is 10.8. The molecule has 1 atom stereocenters. The average Bonchev–Trinajstić information content (AvgIpc) is 2.38. The van der Waals surface area contributed by atoms with Gasteiger partial charge in [0, 0.05) is 19.2 Å². The van der Waals surface area contributed by atoms with Crippen LogP contribution < -0.4 is 15.0 Å². The molecule has 1 aromatic rings. The van der Waals surface area contributed by atoms with E-state index >= 15 is 0 Å². The molecule has 1 fully saturated rings. The lowest BCUT2D eigenvalue weighted by molar-refractivity contribution is 0.0964. The Morgan fingerprint density at radius 1 is 1.50 bits per heavy atom. The molecule has 0 amide bonds. The lowest BCUT2D eigenvalue weighted by atomic mass is 10.1. The summed E-state index contributed by atoms with van der Waals surface area (Å²) in [6.07, 6.45) is 0. The van der Waals surface area contributed by atoms with Gasteiger partial charge >= 0.3 is 0 Å². The van der Waals surface area contributed by atoms with Gasteiger partial charge in [0.25, 0.3) is 0 Å². The Bertz CT molecular complexity index is 395. The Kier molecular flexibility index (Phi) is 2.36. The third-order valence-electron chi connectivity index (χ3n) is 3.27. The molecule has 4 heteroatoms. The summed E-state index contributed by atoms with van der Waals surface area (Å²) in [6.45, 7) is 3.54. The second-order valence-corrected chi connectivity index (χ2v) is 4.19. The van der Waals surface area contributed by atoms with Crippen molar-refractivity contribution < 1.29 is 9.47 Å². The van der Waals surface area contributed by atoms with Crippen molar-refractivity contribution >= 4 is 11.4 Å². The Morgan fingerprint density at radius 2 is 2.44 bits per heavy atom. The molecule has 2 aliphatic rings. The van der Waals surface area contributed by atoms with Crippen molar-refractivity contribution in [1.82, 2.24) is 0 Å². The smallest absolute Gasteiger partial charge is 0.121 e. The first kappa shape index (κ1) is 9.78. The molecule has 0 aliphatic carbocycles. The van der Waals surface area contributed by atoms with E-state index in [0.717, 1.165) is 32.1 Å². The molecular formula is C12H16N2O2. The molecule has 1 N–H and O–H groups in total. The zero-order valence-corrected chi connectivity index (χ0v) is 9.40. The van der Waals surface area contributed by atoms with E-state index in [1.165, 1.54) is 11.4 Å². The van der Waals surface area contributed by atoms with Crippen LogP contribution in [0.1, 0.15) is 0 Å². The van der Waals surface area contributed by atoms with Crippen molar-refractivity contribution in [1.29, 1.82) is 0 Å². The van der Waals surface area contributed by atoms with Crippen LogP contribution in [0.3, 0.4) is 0 Å². The van der Waals surface area contributed by atoms with Gasteiger partial charge in [0.2, 0.25) is 0 Å². The number of ether oxygens (including phenoxy) is 2. The molecule has 1 aromatic carbocycles. The van der Waals surface area contributed by atoms with Gasteiger partial charge in [-0.15, -0.1) is 0 Å². The van der Waals surface area contributed by atoms with Crippen LogP contribution in [-0.4, -0.2) is 39.5 Å². The highest BCUT2D eigenvalue weighted by molar-refractivity contribution is 5.74. The van der Waals surface area contributed by atoms with Gasteiger partial charge in [-0.3, -0.25) is 0 Å². The van der Waals surface area contributed by atoms with E-state index in [2.05, 4.69) is 22.3 Å². The molecule has 16 heavy (non-hydrogen) atoms. The molecule has 0 aromatic heterocycles. The van der Waals surface area contributed by atoms with E-state index in [1.807, 2.05) is 6.07 Å². The predicted molar refractivity (Wildman–Crippen MR) is 63.4 cm³/mol. The minimum absolute atomic E-state index is 0.452. The van der Waals surface area contributed by atoms with E-state index in [-0.39, 0.29) is 0 Å². The van der Waals surface area contributed by atoms with Crippen LogP contribution in [0.5, 0.6) is 5.75 Å². The van der Waals surface area contributed by atoms with Crippen LogP contribution >= 0.6 is 0 Å². The Balaban J connectivity index is 1.98. The SMILES string of the molecule is COc1ccc2c(c1)N1CCOCC1CN2. The van der Waals surface area contributed by atoms with Crippen LogP contribution in [0.25, 0.3) is 0 Å². The van der Waals surface area contributed by atoms with Gasteiger partial charge in [-0.2, -0.15) is 0 Å². The number of rotatable bonds is 1. The number of hydrogen-bond acceptors (Lipinski definition) is 4. The van der Waals surface area contributed by atoms with Gasteiger partial charge in [0.15, 0.2) is 0 Å². The quantitative estimate of drug-likeness (QED) is 0.774. The molecule has 0 saturated carbocycles. The number of anilines is 2. The number of nitrogens with zero attached hydrogens (tertiary/aromatic N) is 1. The summed E-state index contributed by atoms with van der Waals surface area (Å²) in [5, 5.41) is 3.44. The molecule has 0 spiro atoms. The Hall–Kier alpha value is -1.42. The maximum atomic E-state index is 5.50. The number of morpholine rings is 1. The maximum Gasteiger partial charge on any atom is 0.121 e. The summed E-state index contributed by atoms with van der Waals surface area (Å²) >= 11 is 0. The molecule has 0 radical (unpaired) electrons. The Labute approximate surface area is 95.1 Å². The minimum Gasteiger partial charge on any atom is -0.497 e. The van der Waals surface area contributed by atoms with Crippen LogP contribution in [0.2, 0.25) is 0 Å². The van der Waals surface area contributed by atoms with Crippen molar-refractivity contribution in [2.24, 2.45) is 0 Å². The summed E-state index contributed by atoms with van der Waals surface area (Å²) in [5.74, 6) is 0.910. The van der Waals surface area contributed by atoms with Gasteiger partial charge in [-0.25, -0.2) is 0 Å². The monoisotopic (exact) mass is 220 g/mol. The standard InChI is InChI=1S/C12H16N2O2/c1-15-10-2-3-11-12(6-10)14-4-5-16-8-9(14)7-13-11/h2-3,6,9,13H,4-5,7-8H2,1H3. The fourth-order valence-electron chi connectivity index (χ4n) is 2.39. The predicted octanol–water partition coefficient (Wildman–Crippen LogP) is 1.33. The largest absolute Gasteiger partial charge is 0.497 e. The highest BCUT2D eigenvalue weighted by Crippen LogP contribution is 2.35. The van der Waals surface area contributed by atoms with Crippen LogP contribution in [0.15, 0.2) is 18.2 Å². The first-order chi connectivity index (χ1) is 7.88. The van der Waals surface area contributed by atoms with Crippen molar-refractivity contribution in [3.05, 3.63) is 18.2 Å². The highest BCUT2D eigenvalue weighted by atomic mass is 16.5. The molecule has 3 rings (SSSR count). The van der Waals surface area contributed by atoms with Gasteiger partial charge in [-0.1, -0.05) is 0 Å². The zero-order chi connectivity index (χ0) is 11.0. The Morgan fingerprint density at radius 3 is 3.31 bits per heavy atom. The minimum atomic E-state index is 0.452. The number of nitrogens with one attached hydrogen (secondary N) is 1. The van der Waals surface area contributed by atoms with Crippen LogP contribution in [-0.2, 0) is 4.74 Å². The molecular weight excluding hydrogens is 204 g/mol. The third kappa shape index (κ3) is 1.50. The summed E-state index contributed by atoms with van der Waals surface area (Å²) in [6, 6.07) is 6.63. The van der Waals surface area contributed by atoms with Crippen molar-refractivity contribution in [3.63, 3.8) is 0 Å². The van der Waals surface area contributed by atoms with Crippen LogP contribution in [0, 0.1) is 0 Å². The summed E-state index contributed by atoms with van der Waals surface area (Å²) in [5.41, 5.74) is 2.43. The van der Waals surface area contributed by atoms with E-state index in [9.17, 15) is 0 Å². The molecule has 86 valence electrons. The average molecular weight is 220 g/mol. The van der Waals surface area contributed by atoms with E-state index < -0.39 is 0 Å². The van der Waals surface area contributed by atoms with Gasteiger partial charge in [0.1, 0.15) is 5.75 Å². The summed E-state index contributed by atoms with van der Waals surface area (Å²) in [7, 11) is 1.70. The van der Waals surface area contributed by atoms with Gasteiger partial charge < -0.3 is 19.7 Å². The van der Waals surface area contributed by atoms with Gasteiger partial charge in [-0.05, 0) is 12.1 Å². The highest BCUT2D eigenvalue weighted by Gasteiger charge is 2.28. The molecule has 2 heterocycles. The number of benzene rings is 1. The lowest BCUT2D eigenvalue weighted by Gasteiger charge is -2.42. The number of hydrogen-bond donors (Lipinski definition) is 1. The third-order valence-corrected chi connectivity index (χ3v) is 3.27. The first-order valence-electron chi connectivity index (χ1n) is 5.65. The lowest BCUT2D eigenvalue weighted by Crippen LogP contribution is -2.51. The second kappa shape index (κ2) is 3.87. The number of methoxy groups -OCH3 is 1. The van der Waals surface area contributed by atoms with E-state index in [4.69, 9.17) is 9.47 Å². The van der Waals surface area contributed by atoms with Crippen molar-refractivity contribution in [3.8, 4) is 5.75 Å². The van der Waals surface area contributed by atoms with Crippen molar-refractivity contribution in [2.75, 3.05) is 43.6 Å². The second-order valence-electron chi connectivity index (χ2n) is 4.19. The van der Waals surface area contributed by atoms with Crippen molar-refractivity contribution in [2.45, 2.75) is 6.04 Å². The fourth-order valence-corrected chi connectivity index (χ4v) is 2.39. The molecule has 1 unspecified atom stereocenters.